The molecule has 9 heteroatoms. The molecular formula is C11H17N3O4S2. The number of rotatable bonds is 4. The van der Waals surface area contributed by atoms with Crippen molar-refractivity contribution < 1.29 is 18.3 Å². The summed E-state index contributed by atoms with van der Waals surface area (Å²) < 4.78 is 26.8. The fraction of sp³-hybridized carbons (Fsp3) is 0.636. The Morgan fingerprint density at radius 1 is 1.55 bits per heavy atom. The third-order valence-electron chi connectivity index (χ3n) is 3.21. The highest BCUT2D eigenvalue weighted by Crippen LogP contribution is 2.28. The van der Waals surface area contributed by atoms with E-state index in [0.29, 0.717) is 29.4 Å². The van der Waals surface area contributed by atoms with Gasteiger partial charge >= 0.3 is 5.97 Å². The van der Waals surface area contributed by atoms with Gasteiger partial charge in [-0.15, -0.1) is 0 Å². The Morgan fingerprint density at radius 2 is 2.25 bits per heavy atom. The fourth-order valence-electron chi connectivity index (χ4n) is 2.36. The monoisotopic (exact) mass is 319 g/mol. The van der Waals surface area contributed by atoms with Gasteiger partial charge in [-0.25, -0.2) is 8.42 Å². The van der Waals surface area contributed by atoms with Gasteiger partial charge < -0.3 is 5.11 Å². The fourth-order valence-corrected chi connectivity index (χ4v) is 5.59. The highest BCUT2D eigenvalue weighted by molar-refractivity contribution is 7.99. The first-order valence-electron chi connectivity index (χ1n) is 6.17. The summed E-state index contributed by atoms with van der Waals surface area (Å²) in [6.45, 7) is 3.61. The molecule has 7 nitrogen and oxygen atoms in total. The van der Waals surface area contributed by atoms with Crippen LogP contribution in [0.25, 0.3) is 0 Å². The first-order valence-corrected chi connectivity index (χ1v) is 8.76. The van der Waals surface area contributed by atoms with E-state index in [0.717, 1.165) is 0 Å². The van der Waals surface area contributed by atoms with E-state index in [1.54, 1.807) is 25.6 Å². The average Bonchev–Trinajstić information content (AvgIpc) is 2.69. The summed E-state index contributed by atoms with van der Waals surface area (Å²) in [5, 5.41) is 15.5. The zero-order chi connectivity index (χ0) is 14.9. The summed E-state index contributed by atoms with van der Waals surface area (Å²) in [7, 11) is -3.71. The molecule has 1 atom stereocenters. The van der Waals surface area contributed by atoms with Gasteiger partial charge in [0.2, 0.25) is 10.0 Å². The van der Waals surface area contributed by atoms with E-state index in [-0.39, 0.29) is 11.3 Å². The predicted octanol–water partition coefficient (Wildman–Crippen LogP) is 0.607. The number of nitrogens with one attached hydrogen (secondary N) is 1. The van der Waals surface area contributed by atoms with Crippen LogP contribution in [0.2, 0.25) is 0 Å². The molecule has 0 amide bonds. The normalized spacial score (nSPS) is 21.0. The van der Waals surface area contributed by atoms with Gasteiger partial charge in [0.15, 0.2) is 0 Å². The third kappa shape index (κ3) is 2.84. The second kappa shape index (κ2) is 5.74. The van der Waals surface area contributed by atoms with Gasteiger partial charge in [-0.05, 0) is 13.8 Å². The minimum Gasteiger partial charge on any atom is -0.481 e. The lowest BCUT2D eigenvalue weighted by molar-refractivity contribution is -0.137. The Hall–Kier alpha value is -1.06. The molecule has 1 unspecified atom stereocenters. The van der Waals surface area contributed by atoms with Gasteiger partial charge in [-0.1, -0.05) is 0 Å². The molecule has 112 valence electrons. The topological polar surface area (TPSA) is 103 Å². The number of aryl methyl sites for hydroxylation is 2. The maximum absolute atomic E-state index is 12.7. The molecule has 1 fully saturated rings. The van der Waals surface area contributed by atoms with Gasteiger partial charge in [0.25, 0.3) is 0 Å². The number of aliphatic carboxylic acids is 1. The lowest BCUT2D eigenvalue weighted by Gasteiger charge is -2.33. The Labute approximate surface area is 121 Å². The van der Waals surface area contributed by atoms with Crippen molar-refractivity contribution in [3.8, 4) is 0 Å². The number of nitrogens with zero attached hydrogens (tertiary/aromatic N) is 2. The number of hydrogen-bond acceptors (Lipinski definition) is 5. The van der Waals surface area contributed by atoms with Crippen molar-refractivity contribution in [2.45, 2.75) is 31.2 Å². The molecule has 1 saturated heterocycles. The Morgan fingerprint density at radius 3 is 2.80 bits per heavy atom. The molecule has 0 spiro atoms. The molecule has 0 bridgehead atoms. The summed E-state index contributed by atoms with van der Waals surface area (Å²) in [6, 6.07) is -0.509. The van der Waals surface area contributed by atoms with Crippen LogP contribution in [0.3, 0.4) is 0 Å². The standard InChI is InChI=1S/C11H17N3O4S2/c1-7-11(8(2)13-12-7)20(17,18)14-3-4-19-6-9(14)5-10(15)16/h9H,3-6H2,1-2H3,(H,12,13)(H,15,16). The molecule has 2 rings (SSSR count). The Kier molecular flexibility index (Phi) is 4.40. The molecule has 0 aromatic carbocycles. The van der Waals surface area contributed by atoms with Gasteiger partial charge in [-0.2, -0.15) is 21.2 Å². The number of sulfonamides is 1. The number of thioether (sulfide) groups is 1. The first kappa shape index (κ1) is 15.3. The minimum atomic E-state index is -3.71. The van der Waals surface area contributed by atoms with Gasteiger partial charge in [0, 0.05) is 24.1 Å². The molecule has 2 N–H and O–H groups in total. The molecule has 1 aliphatic heterocycles. The van der Waals surface area contributed by atoms with Crippen molar-refractivity contribution in [1.82, 2.24) is 14.5 Å². The maximum atomic E-state index is 12.7. The molecule has 1 aliphatic rings. The predicted molar refractivity (Wildman–Crippen MR) is 75.3 cm³/mol. The maximum Gasteiger partial charge on any atom is 0.305 e. The Balaban J connectivity index is 2.38. The quantitative estimate of drug-likeness (QED) is 0.842. The number of aromatic nitrogens is 2. The van der Waals surface area contributed by atoms with Crippen molar-refractivity contribution in [3.63, 3.8) is 0 Å². The highest BCUT2D eigenvalue weighted by atomic mass is 32.2. The second-order valence-electron chi connectivity index (χ2n) is 4.71. The number of hydrogen-bond donors (Lipinski definition) is 2. The van der Waals surface area contributed by atoms with Crippen LogP contribution in [0, 0.1) is 13.8 Å². The summed E-state index contributed by atoms with van der Waals surface area (Å²) in [5.41, 5.74) is 0.893. The molecule has 2 heterocycles. The first-order chi connectivity index (χ1) is 9.34. The summed E-state index contributed by atoms with van der Waals surface area (Å²) in [4.78, 5) is 11.1. The number of carboxylic acid groups (broad SMARTS) is 1. The lowest BCUT2D eigenvalue weighted by Crippen LogP contribution is -2.47. The minimum absolute atomic E-state index is 0.166. The van der Waals surface area contributed by atoms with Crippen LogP contribution in [-0.2, 0) is 14.8 Å². The van der Waals surface area contributed by atoms with Crippen LogP contribution in [0.4, 0.5) is 0 Å². The third-order valence-corrected chi connectivity index (χ3v) is 6.52. The van der Waals surface area contributed by atoms with E-state index < -0.39 is 22.0 Å². The van der Waals surface area contributed by atoms with Crippen molar-refractivity contribution in [2.24, 2.45) is 0 Å². The number of carboxylic acids is 1. The van der Waals surface area contributed by atoms with E-state index >= 15 is 0 Å². The molecule has 0 aliphatic carbocycles. The molecule has 0 saturated carbocycles. The van der Waals surface area contributed by atoms with Gasteiger partial charge in [-0.3, -0.25) is 9.89 Å². The number of aromatic amines is 1. The smallest absolute Gasteiger partial charge is 0.305 e. The molecule has 0 radical (unpaired) electrons. The van der Waals surface area contributed by atoms with Crippen LogP contribution >= 0.6 is 11.8 Å². The van der Waals surface area contributed by atoms with Crippen LogP contribution in [0.1, 0.15) is 17.8 Å². The Bertz CT molecular complexity index is 592. The number of carbonyl (C=O) groups is 1. The van der Waals surface area contributed by atoms with Gasteiger partial charge in [0.1, 0.15) is 4.90 Å². The van der Waals surface area contributed by atoms with Crippen molar-refractivity contribution in [2.75, 3.05) is 18.1 Å². The average molecular weight is 319 g/mol. The summed E-state index contributed by atoms with van der Waals surface area (Å²) in [6.07, 6.45) is -0.178. The van der Waals surface area contributed by atoms with Crippen LogP contribution in [0.5, 0.6) is 0 Å². The van der Waals surface area contributed by atoms with Crippen molar-refractivity contribution in [1.29, 1.82) is 0 Å². The summed E-state index contributed by atoms with van der Waals surface area (Å²) >= 11 is 1.58. The lowest BCUT2D eigenvalue weighted by atomic mass is 10.2. The van der Waals surface area contributed by atoms with E-state index in [1.807, 2.05) is 0 Å². The molecule has 1 aromatic heterocycles. The van der Waals surface area contributed by atoms with E-state index in [1.165, 1.54) is 4.31 Å². The molecule has 1 aromatic rings. The second-order valence-corrected chi connectivity index (χ2v) is 7.68. The summed E-state index contributed by atoms with van der Waals surface area (Å²) in [5.74, 6) is 0.186. The number of H-pyrrole nitrogens is 1. The van der Waals surface area contributed by atoms with E-state index in [9.17, 15) is 13.2 Å². The van der Waals surface area contributed by atoms with E-state index in [4.69, 9.17) is 5.11 Å². The molecule has 20 heavy (non-hydrogen) atoms. The zero-order valence-electron chi connectivity index (χ0n) is 11.3. The largest absolute Gasteiger partial charge is 0.481 e. The van der Waals surface area contributed by atoms with Gasteiger partial charge in [0.05, 0.1) is 17.8 Å². The zero-order valence-corrected chi connectivity index (χ0v) is 12.9. The highest BCUT2D eigenvalue weighted by Gasteiger charge is 2.37. The van der Waals surface area contributed by atoms with Crippen LogP contribution < -0.4 is 0 Å². The van der Waals surface area contributed by atoms with Crippen LogP contribution in [0.15, 0.2) is 4.90 Å². The van der Waals surface area contributed by atoms with Crippen LogP contribution in [-0.4, -0.2) is 58.1 Å². The van der Waals surface area contributed by atoms with Crippen molar-refractivity contribution >= 4 is 27.8 Å². The SMILES string of the molecule is Cc1n[nH]c(C)c1S(=O)(=O)N1CCSCC1CC(=O)O. The van der Waals surface area contributed by atoms with Crippen molar-refractivity contribution in [3.05, 3.63) is 11.4 Å². The van der Waals surface area contributed by atoms with E-state index in [2.05, 4.69) is 10.2 Å². The molecular weight excluding hydrogens is 302 g/mol.